The Morgan fingerprint density at radius 2 is 1.70 bits per heavy atom. The number of amides is 1. The van der Waals surface area contributed by atoms with Crippen LogP contribution in [-0.2, 0) is 14.9 Å². The van der Waals surface area contributed by atoms with E-state index in [1.165, 1.54) is 5.56 Å². The first-order valence-electron chi connectivity index (χ1n) is 12.6. The molecule has 1 heterocycles. The average molecular weight is 457 g/mol. The third-order valence-corrected chi connectivity index (χ3v) is 9.28. The summed E-state index contributed by atoms with van der Waals surface area (Å²) in [5.74, 6) is 1.04. The van der Waals surface area contributed by atoms with Crippen LogP contribution in [-0.4, -0.2) is 38.3 Å². The van der Waals surface area contributed by atoms with Gasteiger partial charge in [-0.05, 0) is 92.7 Å². The fraction of sp³-hybridized carbons (Fsp3) is 0.667. The van der Waals surface area contributed by atoms with Crippen molar-refractivity contribution in [2.75, 3.05) is 26.4 Å². The van der Waals surface area contributed by atoms with Gasteiger partial charge in [0.05, 0.1) is 6.33 Å². The van der Waals surface area contributed by atoms with Crippen molar-refractivity contribution in [1.29, 1.82) is 0 Å². The Bertz CT molecular complexity index is 859. The van der Waals surface area contributed by atoms with Crippen LogP contribution in [0, 0.1) is 10.8 Å². The summed E-state index contributed by atoms with van der Waals surface area (Å²) in [6.45, 7) is 2.08. The summed E-state index contributed by atoms with van der Waals surface area (Å²) in [5, 5.41) is 3.43. The second-order valence-corrected chi connectivity index (χ2v) is 11.0. The Morgan fingerprint density at radius 3 is 2.27 bits per heavy atom. The number of nitrogens with one attached hydrogen (secondary N) is 1. The fourth-order valence-electron chi connectivity index (χ4n) is 6.81. The topological polar surface area (TPSA) is 73.6 Å². The Hall–Kier alpha value is -1.92. The lowest BCUT2D eigenvalue weighted by Gasteiger charge is -2.55. The number of nitrogens with two attached hydrogens (primary N) is 1. The normalized spacial score (nSPS) is 31.3. The Kier molecular flexibility index (Phi) is 6.25. The highest BCUT2D eigenvalue weighted by Crippen LogP contribution is 2.58. The Labute approximate surface area is 196 Å². The van der Waals surface area contributed by atoms with Gasteiger partial charge in [0, 0.05) is 36.8 Å². The van der Waals surface area contributed by atoms with Gasteiger partial charge in [-0.3, -0.25) is 4.79 Å². The van der Waals surface area contributed by atoms with E-state index < -0.39 is 0 Å². The highest BCUT2D eigenvalue weighted by molar-refractivity contribution is 5.83. The van der Waals surface area contributed by atoms with Crippen molar-refractivity contribution >= 4 is 5.91 Å². The lowest BCUT2D eigenvalue weighted by Crippen LogP contribution is -2.58. The molecule has 4 saturated carbocycles. The van der Waals surface area contributed by atoms with Gasteiger partial charge in [-0.2, -0.15) is 0 Å². The molecule has 5 nitrogen and oxygen atoms in total. The molecule has 1 amide bonds. The predicted molar refractivity (Wildman–Crippen MR) is 126 cm³/mol. The second kappa shape index (κ2) is 9.03. The Morgan fingerprint density at radius 1 is 1.06 bits per heavy atom. The molecule has 6 rings (SSSR count). The van der Waals surface area contributed by atoms with Gasteiger partial charge in [0.2, 0.25) is 5.91 Å². The predicted octanol–water partition coefficient (Wildman–Crippen LogP) is 4.54. The van der Waals surface area contributed by atoms with E-state index in [0.29, 0.717) is 29.3 Å². The first kappa shape index (κ1) is 22.9. The third-order valence-electron chi connectivity index (χ3n) is 9.28. The molecule has 1 aliphatic heterocycles. The summed E-state index contributed by atoms with van der Waals surface area (Å²) < 4.78 is 23.9. The number of hydrogen-bond donors (Lipinski definition) is 2. The van der Waals surface area contributed by atoms with Crippen LogP contribution in [0.4, 0.5) is 4.39 Å². The van der Waals surface area contributed by atoms with Crippen molar-refractivity contribution in [3.63, 3.8) is 0 Å². The largest absolute Gasteiger partial charge is 0.489 e. The van der Waals surface area contributed by atoms with Gasteiger partial charge < -0.3 is 20.5 Å². The molecule has 4 aliphatic carbocycles. The molecular formula is C27H37FN2O3. The highest BCUT2D eigenvalue weighted by Gasteiger charge is 2.54. The van der Waals surface area contributed by atoms with Crippen LogP contribution < -0.4 is 15.8 Å². The van der Waals surface area contributed by atoms with Crippen molar-refractivity contribution < 1.29 is 18.7 Å². The second-order valence-electron chi connectivity index (χ2n) is 11.0. The minimum atomic E-state index is -0.166. The Balaban J connectivity index is 1.15. The maximum Gasteiger partial charge on any atom is 0.226 e. The molecule has 1 aromatic rings. The smallest absolute Gasteiger partial charge is 0.226 e. The standard InChI is InChI=1S/C27H37FN2O3/c28-17-20(18-29)19-33-23-3-1-21(2-4-23)26-5-8-27(9-6-26,10-7-26)24(31)30-22-15-25(16-22)11-13-32-14-12-25/h1-4,17,22H,5-16,18-19,29H2,(H,30,31). The zero-order valence-electron chi connectivity index (χ0n) is 19.5. The number of fused-ring (bicyclic) bond motifs is 3. The van der Waals surface area contributed by atoms with Crippen molar-refractivity contribution in [2.45, 2.75) is 75.7 Å². The number of benzene rings is 1. The number of hydrogen-bond acceptors (Lipinski definition) is 4. The van der Waals surface area contributed by atoms with Gasteiger partial charge >= 0.3 is 0 Å². The maximum absolute atomic E-state index is 13.3. The third kappa shape index (κ3) is 4.32. The summed E-state index contributed by atoms with van der Waals surface area (Å²) in [4.78, 5) is 13.3. The van der Waals surface area contributed by atoms with Gasteiger partial charge in [0.15, 0.2) is 0 Å². The molecule has 1 aromatic carbocycles. The molecule has 0 radical (unpaired) electrons. The molecule has 3 N–H and O–H groups in total. The van der Waals surface area contributed by atoms with Gasteiger partial charge in [-0.15, -0.1) is 0 Å². The quantitative estimate of drug-likeness (QED) is 0.632. The molecule has 1 spiro atoms. The highest BCUT2D eigenvalue weighted by atomic mass is 19.1. The minimum Gasteiger partial charge on any atom is -0.489 e. The van der Waals surface area contributed by atoms with Gasteiger partial charge in [-0.25, -0.2) is 4.39 Å². The number of halogens is 1. The van der Waals surface area contributed by atoms with E-state index in [1.807, 2.05) is 12.1 Å². The van der Waals surface area contributed by atoms with Crippen LogP contribution in [0.1, 0.15) is 69.8 Å². The zero-order valence-corrected chi connectivity index (χ0v) is 19.5. The molecule has 0 unspecified atom stereocenters. The fourth-order valence-corrected chi connectivity index (χ4v) is 6.81. The van der Waals surface area contributed by atoms with Crippen LogP contribution in [0.25, 0.3) is 0 Å². The van der Waals surface area contributed by atoms with Crippen molar-refractivity contribution in [3.8, 4) is 5.75 Å². The average Bonchev–Trinajstić information content (AvgIpc) is 2.86. The number of rotatable bonds is 7. The van der Waals surface area contributed by atoms with E-state index in [2.05, 4.69) is 17.4 Å². The molecule has 2 bridgehead atoms. The number of carbonyl (C=O) groups is 1. The lowest BCUT2D eigenvalue weighted by atomic mass is 9.51. The van der Waals surface area contributed by atoms with E-state index in [-0.39, 0.29) is 24.0 Å². The van der Waals surface area contributed by atoms with E-state index in [0.717, 1.165) is 83.2 Å². The van der Waals surface area contributed by atoms with Crippen LogP contribution in [0.3, 0.4) is 0 Å². The van der Waals surface area contributed by atoms with Crippen LogP contribution in [0.5, 0.6) is 5.75 Å². The number of ether oxygens (including phenoxy) is 2. The summed E-state index contributed by atoms with van der Waals surface area (Å²) >= 11 is 0. The van der Waals surface area contributed by atoms with Crippen LogP contribution in [0.2, 0.25) is 0 Å². The van der Waals surface area contributed by atoms with Crippen molar-refractivity contribution in [1.82, 2.24) is 5.32 Å². The number of carbonyl (C=O) groups excluding carboxylic acids is 1. The van der Waals surface area contributed by atoms with E-state index in [9.17, 15) is 9.18 Å². The summed E-state index contributed by atoms with van der Waals surface area (Å²) in [6.07, 6.45) is 11.2. The molecule has 6 heteroatoms. The SMILES string of the molecule is NCC(=CF)COc1ccc(C23CCC(C(=O)NC4CC5(CCOCC5)C4)(CC2)CC3)cc1. The van der Waals surface area contributed by atoms with E-state index >= 15 is 0 Å². The molecule has 180 valence electrons. The van der Waals surface area contributed by atoms with Crippen molar-refractivity contribution in [3.05, 3.63) is 41.7 Å². The van der Waals surface area contributed by atoms with Crippen LogP contribution >= 0.6 is 0 Å². The first-order valence-corrected chi connectivity index (χ1v) is 12.6. The monoisotopic (exact) mass is 456 g/mol. The molecule has 0 aromatic heterocycles. The summed E-state index contributed by atoms with van der Waals surface area (Å²) in [7, 11) is 0. The van der Waals surface area contributed by atoms with Gasteiger partial charge in [-0.1, -0.05) is 12.1 Å². The zero-order chi connectivity index (χ0) is 22.9. The molecule has 5 aliphatic rings. The van der Waals surface area contributed by atoms with Crippen LogP contribution in [0.15, 0.2) is 36.2 Å². The van der Waals surface area contributed by atoms with Gasteiger partial charge in [0.1, 0.15) is 12.4 Å². The van der Waals surface area contributed by atoms with E-state index in [4.69, 9.17) is 15.2 Å². The molecular weight excluding hydrogens is 419 g/mol. The molecule has 33 heavy (non-hydrogen) atoms. The lowest BCUT2D eigenvalue weighted by molar-refractivity contribution is -0.141. The summed E-state index contributed by atoms with van der Waals surface area (Å²) in [5.41, 5.74) is 7.71. The van der Waals surface area contributed by atoms with Crippen molar-refractivity contribution in [2.24, 2.45) is 16.6 Å². The van der Waals surface area contributed by atoms with Gasteiger partial charge in [0.25, 0.3) is 0 Å². The molecule has 0 atom stereocenters. The molecule has 5 fully saturated rings. The first-order chi connectivity index (χ1) is 16.0. The maximum atomic E-state index is 13.3. The minimum absolute atomic E-state index is 0.156. The van der Waals surface area contributed by atoms with E-state index in [1.54, 1.807) is 0 Å². The summed E-state index contributed by atoms with van der Waals surface area (Å²) in [6, 6.07) is 8.61. The molecule has 1 saturated heterocycles.